The van der Waals surface area contributed by atoms with Gasteiger partial charge in [0.15, 0.2) is 0 Å². The summed E-state index contributed by atoms with van der Waals surface area (Å²) < 4.78 is 87.5. The Hall–Kier alpha value is -6.35. The Balaban J connectivity index is 0.00000784. The van der Waals surface area contributed by atoms with Gasteiger partial charge in [-0.25, -0.2) is 4.98 Å². The van der Waals surface area contributed by atoms with E-state index in [4.69, 9.17) is 23.7 Å². The van der Waals surface area contributed by atoms with Gasteiger partial charge in [0, 0.05) is 52.3 Å². The number of para-hydroxylation sites is 1. The first-order valence-corrected chi connectivity index (χ1v) is 22.3. The molecule has 9 aromatic rings. The van der Waals surface area contributed by atoms with Crippen LogP contribution >= 0.6 is 0 Å². The number of phenols is 1. The van der Waals surface area contributed by atoms with E-state index in [-0.39, 0.29) is 43.4 Å². The molecule has 2 heterocycles. The fourth-order valence-corrected chi connectivity index (χ4v) is 8.51. The van der Waals surface area contributed by atoms with E-state index >= 15 is 0 Å². The molecule has 67 heavy (non-hydrogen) atoms. The topological polar surface area (TPSA) is 50.9 Å². The van der Waals surface area contributed by atoms with Gasteiger partial charge in [-0.3, -0.25) is 9.55 Å². The quantitative estimate of drug-likeness (QED) is 0.162. The molecule has 9 rings (SSSR count). The van der Waals surface area contributed by atoms with Gasteiger partial charge in [0.25, 0.3) is 0 Å². The van der Waals surface area contributed by atoms with Gasteiger partial charge in [0.05, 0.1) is 27.8 Å². The number of hydrogen-bond donors (Lipinski definition) is 1. The van der Waals surface area contributed by atoms with E-state index in [0.717, 1.165) is 27.8 Å². The van der Waals surface area contributed by atoms with Crippen molar-refractivity contribution in [1.82, 2.24) is 14.5 Å². The number of aryl methyl sites for hydroxylation is 1. The molecular weight excluding hydrogens is 998 g/mol. The summed E-state index contributed by atoms with van der Waals surface area (Å²) in [4.78, 5) is 10.3. The van der Waals surface area contributed by atoms with Gasteiger partial charge in [-0.05, 0) is 99.2 Å². The van der Waals surface area contributed by atoms with Gasteiger partial charge in [-0.1, -0.05) is 188 Å². The summed E-state index contributed by atoms with van der Waals surface area (Å²) in [5.74, 6) is 0.506. The molecule has 7 aromatic carbocycles. The second-order valence-corrected chi connectivity index (χ2v) is 20.1. The van der Waals surface area contributed by atoms with E-state index in [1.807, 2.05) is 102 Å². The molecule has 2 aromatic heterocycles. The van der Waals surface area contributed by atoms with Gasteiger partial charge in [0.2, 0.25) is 0 Å². The number of imidazole rings is 1. The van der Waals surface area contributed by atoms with Crippen LogP contribution in [0.25, 0.3) is 83.9 Å². The van der Waals surface area contributed by atoms with Crippen LogP contribution in [0.1, 0.15) is 104 Å². The third-order valence-corrected chi connectivity index (χ3v) is 12.2. The van der Waals surface area contributed by atoms with Crippen molar-refractivity contribution in [3.05, 3.63) is 192 Å². The largest absolute Gasteiger partial charge is 0.507 e. The van der Waals surface area contributed by atoms with Crippen LogP contribution in [-0.4, -0.2) is 19.6 Å². The molecule has 0 aliphatic rings. The van der Waals surface area contributed by atoms with Crippen LogP contribution in [0.2, 0.25) is 0 Å². The number of fused-ring (bicyclic) bond motifs is 1. The molecule has 0 aliphatic heterocycles. The van der Waals surface area contributed by atoms with Gasteiger partial charge in [-0.2, -0.15) is 0 Å². The Morgan fingerprint density at radius 3 is 1.84 bits per heavy atom. The summed E-state index contributed by atoms with van der Waals surface area (Å²) in [5, 5.41) is 12.7. The van der Waals surface area contributed by atoms with Crippen molar-refractivity contribution in [2.24, 2.45) is 0 Å². The minimum Gasteiger partial charge on any atom is -0.507 e. The van der Waals surface area contributed by atoms with Crippen LogP contribution in [0.4, 0.5) is 0 Å². The van der Waals surface area contributed by atoms with Crippen LogP contribution in [0.5, 0.6) is 5.75 Å². The second kappa shape index (κ2) is 18.0. The fraction of sp³-hybridized carbons (Fsp3) is 0.226. The molecule has 0 fully saturated rings. The van der Waals surface area contributed by atoms with Crippen molar-refractivity contribution >= 4 is 11.0 Å². The Bertz CT molecular complexity index is 3700. The normalized spacial score (nSPS) is 14.6. The number of pyridine rings is 1. The van der Waals surface area contributed by atoms with Crippen LogP contribution in [0, 0.1) is 19.8 Å². The summed E-state index contributed by atoms with van der Waals surface area (Å²) in [6.07, 6.45) is 1.52. The molecule has 0 amide bonds. The summed E-state index contributed by atoms with van der Waals surface area (Å²) in [6.45, 7) is 13.6. The Morgan fingerprint density at radius 1 is 0.567 bits per heavy atom. The molecule has 0 spiro atoms. The molecule has 0 saturated carbocycles. The summed E-state index contributed by atoms with van der Waals surface area (Å²) in [6, 6.07) is 41.6. The SMILES string of the molecule is [2H]c1c([2H])c(C([2H])([2H])[2H])c([2H])c([2H])c1-c1ccnc(-c2[c-]c(-c3cccc4c3nc(-c3cc(C(C)(C)C)cc(C(C)(C)C)c3O)n4-c3cc(-c4ccccc4)c(C([2H])([2H])[2H])cc3-c3ccccc3)cc(C(C)(C)C)c2)c1.[Pt]. The fourth-order valence-electron chi connectivity index (χ4n) is 8.51. The first kappa shape index (κ1) is 35.8. The van der Waals surface area contributed by atoms with Crippen molar-refractivity contribution in [3.8, 4) is 78.6 Å². The predicted molar refractivity (Wildman–Crippen MR) is 278 cm³/mol. The summed E-state index contributed by atoms with van der Waals surface area (Å²) in [5.41, 5.74) is 8.64. The van der Waals surface area contributed by atoms with Crippen molar-refractivity contribution in [3.63, 3.8) is 0 Å². The van der Waals surface area contributed by atoms with Gasteiger partial charge >= 0.3 is 0 Å². The van der Waals surface area contributed by atoms with E-state index in [1.54, 1.807) is 18.2 Å². The van der Waals surface area contributed by atoms with Crippen LogP contribution in [-0.2, 0) is 37.3 Å². The average molecular weight is 1070 g/mol. The number of phenolic OH excluding ortho intramolecular Hbond substituents is 1. The zero-order valence-electron chi connectivity index (χ0n) is 49.3. The zero-order valence-corrected chi connectivity index (χ0v) is 41.6. The number of aromatic nitrogens is 3. The molecule has 0 unspecified atom stereocenters. The van der Waals surface area contributed by atoms with E-state index < -0.39 is 54.3 Å². The van der Waals surface area contributed by atoms with Crippen molar-refractivity contribution in [2.45, 2.75) is 92.3 Å². The molecule has 340 valence electrons. The molecule has 0 saturated heterocycles. The summed E-state index contributed by atoms with van der Waals surface area (Å²) in [7, 11) is 0. The number of aromatic hydroxyl groups is 1. The molecule has 5 heteroatoms. The first-order chi connectivity index (χ1) is 35.4. The number of nitrogens with zero attached hydrogens (tertiary/aromatic N) is 3. The van der Waals surface area contributed by atoms with Gasteiger partial charge in [-0.15, -0.1) is 29.3 Å². The van der Waals surface area contributed by atoms with Crippen molar-refractivity contribution in [1.29, 1.82) is 0 Å². The maximum Gasteiger partial charge on any atom is 0.148 e. The Kier molecular flexibility index (Phi) is 9.64. The van der Waals surface area contributed by atoms with E-state index in [9.17, 15) is 5.11 Å². The third kappa shape index (κ3) is 9.34. The van der Waals surface area contributed by atoms with E-state index in [0.29, 0.717) is 67.2 Å². The minimum absolute atomic E-state index is 0. The average Bonchev–Trinajstić information content (AvgIpc) is 3.75. The van der Waals surface area contributed by atoms with Gasteiger partial charge in [0.1, 0.15) is 11.6 Å². The van der Waals surface area contributed by atoms with Crippen LogP contribution in [0.3, 0.4) is 0 Å². The number of benzene rings is 7. The molecule has 4 nitrogen and oxygen atoms in total. The number of hydrogen-bond acceptors (Lipinski definition) is 3. The van der Waals surface area contributed by atoms with Crippen molar-refractivity contribution in [2.75, 3.05) is 0 Å². The molecular formula is C62H60N3OPt-. The maximum atomic E-state index is 12.7. The first-order valence-electron chi connectivity index (χ1n) is 27.3. The van der Waals surface area contributed by atoms with Crippen LogP contribution < -0.4 is 0 Å². The number of rotatable bonds is 7. The van der Waals surface area contributed by atoms with Crippen LogP contribution in [0.15, 0.2) is 158 Å². The Labute approximate surface area is 426 Å². The maximum absolute atomic E-state index is 12.7. The molecule has 0 aliphatic carbocycles. The molecule has 0 atom stereocenters. The monoisotopic (exact) mass is 1070 g/mol. The van der Waals surface area contributed by atoms with E-state index in [1.165, 1.54) is 6.20 Å². The molecule has 0 bridgehead atoms. The molecule has 0 radical (unpaired) electrons. The smallest absolute Gasteiger partial charge is 0.148 e. The minimum atomic E-state index is -2.86. The summed E-state index contributed by atoms with van der Waals surface area (Å²) >= 11 is 0. The second-order valence-electron chi connectivity index (χ2n) is 20.1. The molecule has 1 N–H and O–H groups in total. The van der Waals surface area contributed by atoms with E-state index in [2.05, 4.69) is 80.5 Å². The van der Waals surface area contributed by atoms with Crippen molar-refractivity contribution < 1.29 is 39.9 Å². The standard InChI is InChI=1S/C62H60N3O.Pt/c1-39-25-27-41(28-26-39)44-29-30-63-54(35-44)46-32-45(33-47(34-46)60(3,4)5)49-23-18-24-55-57(49)64-59(52-36-48(61(6,7)8)37-53(58(52)66)62(9,10)11)65(55)56-38-50(42-19-14-12-15-20-42)40(2)31-51(56)43-21-16-13-17-22-43;/h12-31,33-38,66H,1-11H3;/q-1;/i1D3,2D3,25D,26D,27D,28D;. The zero-order chi connectivity index (χ0) is 55.2. The van der Waals surface area contributed by atoms with Gasteiger partial charge < -0.3 is 5.11 Å². The predicted octanol–water partition coefficient (Wildman–Crippen LogP) is 16.4. The Morgan fingerprint density at radius 2 is 1.21 bits per heavy atom. The third-order valence-electron chi connectivity index (χ3n) is 12.2.